The molecule has 1 unspecified atom stereocenters. The molecule has 0 spiro atoms. The molecule has 10 nitrogen and oxygen atoms in total. The van der Waals surface area contributed by atoms with Gasteiger partial charge in [-0.15, -0.1) is 0 Å². The summed E-state index contributed by atoms with van der Waals surface area (Å²) >= 11 is 0. The van der Waals surface area contributed by atoms with Crippen molar-refractivity contribution in [1.82, 2.24) is 15.8 Å². The van der Waals surface area contributed by atoms with Gasteiger partial charge in [-0.1, -0.05) is 18.2 Å². The monoisotopic (exact) mass is 493 g/mol. The summed E-state index contributed by atoms with van der Waals surface area (Å²) < 4.78 is 11.1. The van der Waals surface area contributed by atoms with E-state index in [1.165, 1.54) is 5.69 Å². The smallest absolute Gasteiger partial charge is 0.243 e. The highest BCUT2D eigenvalue weighted by Crippen LogP contribution is 2.36. The topological polar surface area (TPSA) is 103 Å². The van der Waals surface area contributed by atoms with Crippen molar-refractivity contribution in [3.8, 4) is 11.5 Å². The number of hydrogen-bond acceptors (Lipinski definition) is 7. The lowest BCUT2D eigenvalue weighted by Crippen LogP contribution is -2.49. The van der Waals surface area contributed by atoms with Gasteiger partial charge in [0, 0.05) is 69.6 Å². The number of carbonyl (C=O) groups is 3. The molecule has 1 atom stereocenters. The maximum Gasteiger partial charge on any atom is 0.243 e. The summed E-state index contributed by atoms with van der Waals surface area (Å²) in [5.41, 5.74) is 6.88. The minimum atomic E-state index is -0.544. The fourth-order valence-electron chi connectivity index (χ4n) is 4.76. The van der Waals surface area contributed by atoms with E-state index in [-0.39, 0.29) is 30.7 Å². The molecule has 0 aromatic heterocycles. The zero-order valence-electron chi connectivity index (χ0n) is 20.2. The minimum Gasteiger partial charge on any atom is -0.486 e. The number of amides is 3. The third kappa shape index (κ3) is 5.54. The molecular formula is C26H31N5O5. The van der Waals surface area contributed by atoms with Gasteiger partial charge in [-0.2, -0.15) is 0 Å². The van der Waals surface area contributed by atoms with Gasteiger partial charge in [0.05, 0.1) is 5.92 Å². The average Bonchev–Trinajstić information content (AvgIpc) is 3.32. The predicted octanol–water partition coefficient (Wildman–Crippen LogP) is 1.17. The van der Waals surface area contributed by atoms with Crippen LogP contribution in [0.15, 0.2) is 48.5 Å². The predicted molar refractivity (Wildman–Crippen MR) is 134 cm³/mol. The van der Waals surface area contributed by atoms with Gasteiger partial charge in [0.25, 0.3) is 0 Å². The third-order valence-corrected chi connectivity index (χ3v) is 6.81. The normalized spacial score (nSPS) is 19.8. The fourth-order valence-corrected chi connectivity index (χ4v) is 4.76. The first-order valence-electron chi connectivity index (χ1n) is 12.4. The Labute approximate surface area is 210 Å². The van der Waals surface area contributed by atoms with Gasteiger partial charge in [-0.3, -0.25) is 30.1 Å². The molecule has 3 aliphatic heterocycles. The molecule has 0 bridgehead atoms. The lowest BCUT2D eigenvalue weighted by Gasteiger charge is -2.36. The third-order valence-electron chi connectivity index (χ3n) is 6.81. The molecule has 3 heterocycles. The SMILES string of the molecule is O=C(CCN1CCN(c2ccccc2)CC1)NNC(=O)C1CC(=O)N(c2ccc3c(c2)OCCO3)C1. The quantitative estimate of drug-likeness (QED) is 0.583. The summed E-state index contributed by atoms with van der Waals surface area (Å²) in [6.45, 7) is 5.42. The molecule has 5 rings (SSSR count). The van der Waals surface area contributed by atoms with Crippen LogP contribution < -0.4 is 30.1 Å². The fraction of sp³-hybridized carbons (Fsp3) is 0.423. The Kier molecular flexibility index (Phi) is 7.22. The Balaban J connectivity index is 1.03. The average molecular weight is 494 g/mol. The van der Waals surface area contributed by atoms with Crippen molar-refractivity contribution < 1.29 is 23.9 Å². The van der Waals surface area contributed by atoms with Crippen molar-refractivity contribution in [3.05, 3.63) is 48.5 Å². The van der Waals surface area contributed by atoms with Crippen molar-refractivity contribution >= 4 is 29.1 Å². The molecule has 2 N–H and O–H groups in total. The zero-order valence-corrected chi connectivity index (χ0v) is 20.2. The number of rotatable bonds is 6. The van der Waals surface area contributed by atoms with Crippen molar-refractivity contribution in [2.75, 3.05) is 62.3 Å². The molecule has 2 aromatic carbocycles. The van der Waals surface area contributed by atoms with Crippen LogP contribution in [0.25, 0.3) is 0 Å². The molecule has 2 aromatic rings. The molecule has 36 heavy (non-hydrogen) atoms. The molecule has 3 amide bonds. The summed E-state index contributed by atoms with van der Waals surface area (Å²) in [5, 5.41) is 0. The summed E-state index contributed by atoms with van der Waals surface area (Å²) in [6.07, 6.45) is 0.375. The zero-order chi connectivity index (χ0) is 24.9. The molecule has 10 heteroatoms. The van der Waals surface area contributed by atoms with E-state index in [1.54, 1.807) is 23.1 Å². The largest absolute Gasteiger partial charge is 0.486 e. The summed E-state index contributed by atoms with van der Waals surface area (Å²) in [7, 11) is 0. The van der Waals surface area contributed by atoms with E-state index < -0.39 is 5.92 Å². The van der Waals surface area contributed by atoms with E-state index in [0.29, 0.717) is 43.4 Å². The maximum atomic E-state index is 12.6. The summed E-state index contributed by atoms with van der Waals surface area (Å²) in [5.74, 6) is -0.0696. The molecular weight excluding hydrogens is 462 g/mol. The molecule has 2 fully saturated rings. The Bertz CT molecular complexity index is 1100. The van der Waals surface area contributed by atoms with Crippen LogP contribution in [-0.2, 0) is 14.4 Å². The van der Waals surface area contributed by atoms with Crippen LogP contribution in [0.4, 0.5) is 11.4 Å². The minimum absolute atomic E-state index is 0.0852. The van der Waals surface area contributed by atoms with Gasteiger partial charge >= 0.3 is 0 Å². The Morgan fingerprint density at radius 2 is 1.64 bits per heavy atom. The summed E-state index contributed by atoms with van der Waals surface area (Å²) in [6, 6.07) is 15.6. The van der Waals surface area contributed by atoms with E-state index >= 15 is 0 Å². The number of carbonyl (C=O) groups excluding carboxylic acids is 3. The Hall–Kier alpha value is -3.79. The molecule has 0 saturated carbocycles. The second kappa shape index (κ2) is 10.9. The first-order valence-corrected chi connectivity index (χ1v) is 12.4. The van der Waals surface area contributed by atoms with E-state index in [2.05, 4.69) is 32.8 Å². The van der Waals surface area contributed by atoms with Gasteiger partial charge in [-0.05, 0) is 24.3 Å². The second-order valence-electron chi connectivity index (χ2n) is 9.19. The Morgan fingerprint density at radius 3 is 2.42 bits per heavy atom. The first kappa shape index (κ1) is 23.9. The van der Waals surface area contributed by atoms with Crippen molar-refractivity contribution in [1.29, 1.82) is 0 Å². The van der Waals surface area contributed by atoms with Crippen LogP contribution in [0.2, 0.25) is 0 Å². The van der Waals surface area contributed by atoms with Gasteiger partial charge in [0.2, 0.25) is 17.7 Å². The van der Waals surface area contributed by atoms with Crippen LogP contribution in [0, 0.1) is 5.92 Å². The summed E-state index contributed by atoms with van der Waals surface area (Å²) in [4.78, 5) is 43.7. The van der Waals surface area contributed by atoms with Crippen LogP contribution in [-0.4, -0.2) is 75.1 Å². The van der Waals surface area contributed by atoms with Gasteiger partial charge in [0.1, 0.15) is 13.2 Å². The first-order chi connectivity index (χ1) is 17.6. The number of nitrogens with one attached hydrogen (secondary N) is 2. The molecule has 2 saturated heterocycles. The highest BCUT2D eigenvalue weighted by atomic mass is 16.6. The number of fused-ring (bicyclic) bond motifs is 1. The van der Waals surface area contributed by atoms with Crippen LogP contribution in [0.5, 0.6) is 11.5 Å². The number of hydrogen-bond donors (Lipinski definition) is 2. The van der Waals surface area contributed by atoms with Gasteiger partial charge in [-0.25, -0.2) is 0 Å². The molecule has 3 aliphatic rings. The second-order valence-corrected chi connectivity index (χ2v) is 9.19. The number of benzene rings is 2. The van der Waals surface area contributed by atoms with Crippen LogP contribution >= 0.6 is 0 Å². The highest BCUT2D eigenvalue weighted by molar-refractivity contribution is 6.00. The van der Waals surface area contributed by atoms with Crippen molar-refractivity contribution in [2.24, 2.45) is 5.92 Å². The van der Waals surface area contributed by atoms with Gasteiger partial charge in [0.15, 0.2) is 11.5 Å². The van der Waals surface area contributed by atoms with E-state index in [0.717, 1.165) is 26.2 Å². The number of nitrogens with zero attached hydrogens (tertiary/aromatic N) is 3. The lowest BCUT2D eigenvalue weighted by atomic mass is 10.1. The maximum absolute atomic E-state index is 12.6. The Morgan fingerprint density at radius 1 is 0.889 bits per heavy atom. The number of piperazine rings is 1. The number of ether oxygens (including phenoxy) is 2. The molecule has 190 valence electrons. The lowest BCUT2D eigenvalue weighted by molar-refractivity contribution is -0.131. The molecule has 0 radical (unpaired) electrons. The van der Waals surface area contributed by atoms with E-state index in [4.69, 9.17) is 9.47 Å². The van der Waals surface area contributed by atoms with E-state index in [9.17, 15) is 14.4 Å². The highest BCUT2D eigenvalue weighted by Gasteiger charge is 2.35. The molecule has 0 aliphatic carbocycles. The van der Waals surface area contributed by atoms with Crippen LogP contribution in [0.1, 0.15) is 12.8 Å². The standard InChI is InChI=1S/C26H31N5O5/c32-24(8-9-29-10-12-30(13-11-29)20-4-2-1-3-5-20)27-28-26(34)19-16-25(33)31(18-19)21-6-7-22-23(17-21)36-15-14-35-22/h1-7,17,19H,8-16,18H2,(H,27,32)(H,28,34). The van der Waals surface area contributed by atoms with Crippen LogP contribution in [0.3, 0.4) is 0 Å². The van der Waals surface area contributed by atoms with Gasteiger partial charge < -0.3 is 19.3 Å². The number of hydrazine groups is 1. The number of para-hydroxylation sites is 1. The van der Waals surface area contributed by atoms with E-state index in [1.807, 2.05) is 18.2 Å². The van der Waals surface area contributed by atoms with Crippen molar-refractivity contribution in [2.45, 2.75) is 12.8 Å². The number of anilines is 2. The van der Waals surface area contributed by atoms with Crippen molar-refractivity contribution in [3.63, 3.8) is 0 Å².